The number of hydrazine groups is 1. The number of aromatic nitrogens is 1. The van der Waals surface area contributed by atoms with Crippen LogP contribution in [0.3, 0.4) is 0 Å². The molecule has 1 amide bonds. The molecule has 0 aliphatic carbocycles. The fourth-order valence-corrected chi connectivity index (χ4v) is 2.68. The van der Waals surface area contributed by atoms with Gasteiger partial charge in [0.2, 0.25) is 0 Å². The van der Waals surface area contributed by atoms with Crippen LogP contribution in [0.5, 0.6) is 0 Å². The Morgan fingerprint density at radius 1 is 1.40 bits per heavy atom. The first-order chi connectivity index (χ1) is 9.63. The summed E-state index contributed by atoms with van der Waals surface area (Å²) in [6.45, 7) is 4.55. The van der Waals surface area contributed by atoms with Gasteiger partial charge in [-0.2, -0.15) is 11.3 Å². The minimum Gasteiger partial charge on any atom is -0.348 e. The topological polar surface area (TPSA) is 80.0 Å². The number of amides is 1. The number of thiophene rings is 1. The molecule has 5 nitrogen and oxygen atoms in total. The van der Waals surface area contributed by atoms with Gasteiger partial charge in [0.25, 0.3) is 5.91 Å². The Hall–Kier alpha value is -1.92. The van der Waals surface area contributed by atoms with E-state index in [1.54, 1.807) is 23.5 Å². The summed E-state index contributed by atoms with van der Waals surface area (Å²) < 4.78 is 0. The highest BCUT2D eigenvalue weighted by Crippen LogP contribution is 2.14. The minimum atomic E-state index is -0.121. The Morgan fingerprint density at radius 2 is 2.20 bits per heavy atom. The second kappa shape index (κ2) is 6.49. The molecule has 0 aliphatic rings. The van der Waals surface area contributed by atoms with Gasteiger partial charge in [-0.15, -0.1) is 0 Å². The predicted molar refractivity (Wildman–Crippen MR) is 81.7 cm³/mol. The Kier molecular flexibility index (Phi) is 4.70. The van der Waals surface area contributed by atoms with Crippen LogP contribution in [0.4, 0.5) is 5.82 Å². The molecule has 20 heavy (non-hydrogen) atoms. The first-order valence-electron chi connectivity index (χ1n) is 6.41. The minimum absolute atomic E-state index is 0.121. The van der Waals surface area contributed by atoms with E-state index in [-0.39, 0.29) is 5.91 Å². The molecule has 0 spiro atoms. The maximum absolute atomic E-state index is 12.2. The SMILES string of the molecule is CCc1cc(C(=O)NCc2cscc2C)cc(NN)n1. The van der Waals surface area contributed by atoms with Crippen molar-refractivity contribution in [2.45, 2.75) is 26.8 Å². The Morgan fingerprint density at radius 3 is 2.80 bits per heavy atom. The zero-order chi connectivity index (χ0) is 14.5. The average molecular weight is 290 g/mol. The standard InChI is InChI=1S/C14H18N4OS/c1-3-12-4-10(5-13(17-12)18-15)14(19)16-6-11-8-20-7-9(11)2/h4-5,7-8H,3,6,15H2,1-2H3,(H,16,19)(H,17,18). The number of nitrogen functional groups attached to an aromatic ring is 1. The number of aryl methyl sites for hydroxylation is 2. The summed E-state index contributed by atoms with van der Waals surface area (Å²) in [6.07, 6.45) is 0.749. The summed E-state index contributed by atoms with van der Waals surface area (Å²) in [5, 5.41) is 7.03. The highest BCUT2D eigenvalue weighted by molar-refractivity contribution is 7.08. The van der Waals surface area contributed by atoms with Gasteiger partial charge < -0.3 is 10.7 Å². The number of carbonyl (C=O) groups excluding carboxylic acids is 1. The number of carbonyl (C=O) groups is 1. The number of hydrogen-bond donors (Lipinski definition) is 3. The Balaban J connectivity index is 2.10. The molecule has 0 radical (unpaired) electrons. The van der Waals surface area contributed by atoms with Gasteiger partial charge >= 0.3 is 0 Å². The lowest BCUT2D eigenvalue weighted by molar-refractivity contribution is 0.0950. The molecule has 2 aromatic heterocycles. The van der Waals surface area contributed by atoms with Crippen molar-refractivity contribution >= 4 is 23.1 Å². The molecule has 2 heterocycles. The van der Waals surface area contributed by atoms with Gasteiger partial charge in [0.1, 0.15) is 5.82 Å². The largest absolute Gasteiger partial charge is 0.348 e. The maximum atomic E-state index is 12.2. The fraction of sp³-hybridized carbons (Fsp3) is 0.286. The van der Waals surface area contributed by atoms with E-state index in [1.807, 2.05) is 19.2 Å². The molecule has 0 fully saturated rings. The van der Waals surface area contributed by atoms with Gasteiger partial charge in [0, 0.05) is 17.8 Å². The van der Waals surface area contributed by atoms with Gasteiger partial charge in [-0.25, -0.2) is 10.8 Å². The van der Waals surface area contributed by atoms with E-state index in [1.165, 1.54) is 5.56 Å². The van der Waals surface area contributed by atoms with Crippen LogP contribution < -0.4 is 16.6 Å². The first kappa shape index (κ1) is 14.5. The van der Waals surface area contributed by atoms with E-state index >= 15 is 0 Å². The quantitative estimate of drug-likeness (QED) is 0.583. The van der Waals surface area contributed by atoms with Crippen LogP contribution in [0.1, 0.15) is 34.1 Å². The number of anilines is 1. The van der Waals surface area contributed by atoms with Gasteiger partial charge in [-0.05, 0) is 47.4 Å². The highest BCUT2D eigenvalue weighted by Gasteiger charge is 2.10. The number of nitrogens with one attached hydrogen (secondary N) is 2. The van der Waals surface area contributed by atoms with Crippen molar-refractivity contribution in [3.8, 4) is 0 Å². The van der Waals surface area contributed by atoms with Crippen LogP contribution in [0.25, 0.3) is 0 Å². The number of pyridine rings is 1. The molecule has 0 saturated carbocycles. The van der Waals surface area contributed by atoms with Crippen molar-refractivity contribution in [2.24, 2.45) is 5.84 Å². The van der Waals surface area contributed by atoms with E-state index < -0.39 is 0 Å². The Labute approximate surface area is 122 Å². The monoisotopic (exact) mass is 290 g/mol. The third kappa shape index (κ3) is 3.34. The van der Waals surface area contributed by atoms with Crippen LogP contribution in [0.2, 0.25) is 0 Å². The van der Waals surface area contributed by atoms with Gasteiger partial charge in [-0.1, -0.05) is 6.92 Å². The molecular formula is C14H18N4OS. The van der Waals surface area contributed by atoms with E-state index in [9.17, 15) is 4.79 Å². The van der Waals surface area contributed by atoms with Crippen molar-refractivity contribution in [3.63, 3.8) is 0 Å². The smallest absolute Gasteiger partial charge is 0.251 e. The predicted octanol–water partition coefficient (Wildman–Crippen LogP) is 2.23. The summed E-state index contributed by atoms with van der Waals surface area (Å²) in [6, 6.07) is 3.44. The summed E-state index contributed by atoms with van der Waals surface area (Å²) in [4.78, 5) is 16.4. The molecule has 0 unspecified atom stereocenters. The molecule has 0 aromatic carbocycles. The first-order valence-corrected chi connectivity index (χ1v) is 7.35. The second-order valence-electron chi connectivity index (χ2n) is 4.49. The van der Waals surface area contributed by atoms with Gasteiger partial charge in [-0.3, -0.25) is 4.79 Å². The van der Waals surface area contributed by atoms with Crippen molar-refractivity contribution in [2.75, 3.05) is 5.43 Å². The lowest BCUT2D eigenvalue weighted by Gasteiger charge is -2.08. The molecule has 0 saturated heterocycles. The summed E-state index contributed by atoms with van der Waals surface area (Å²) in [5.41, 5.74) is 6.23. The van der Waals surface area contributed by atoms with Crippen LogP contribution in [0.15, 0.2) is 22.9 Å². The summed E-state index contributed by atoms with van der Waals surface area (Å²) in [7, 11) is 0. The van der Waals surface area contributed by atoms with Crippen LogP contribution >= 0.6 is 11.3 Å². The van der Waals surface area contributed by atoms with Crippen LogP contribution in [-0.2, 0) is 13.0 Å². The number of rotatable bonds is 5. The lowest BCUT2D eigenvalue weighted by Crippen LogP contribution is -2.23. The molecular weight excluding hydrogens is 272 g/mol. The molecule has 2 aromatic rings. The second-order valence-corrected chi connectivity index (χ2v) is 5.24. The molecule has 106 valence electrons. The number of nitrogens with zero attached hydrogens (tertiary/aromatic N) is 1. The third-order valence-corrected chi connectivity index (χ3v) is 3.96. The van der Waals surface area contributed by atoms with E-state index in [0.29, 0.717) is 17.9 Å². The maximum Gasteiger partial charge on any atom is 0.251 e. The van der Waals surface area contributed by atoms with Crippen LogP contribution in [-0.4, -0.2) is 10.9 Å². The van der Waals surface area contributed by atoms with Crippen LogP contribution in [0, 0.1) is 6.92 Å². The molecule has 2 rings (SSSR count). The molecule has 4 N–H and O–H groups in total. The van der Waals surface area contributed by atoms with Crippen molar-refractivity contribution in [1.29, 1.82) is 0 Å². The average Bonchev–Trinajstić information content (AvgIpc) is 2.89. The zero-order valence-electron chi connectivity index (χ0n) is 11.6. The van der Waals surface area contributed by atoms with Crippen molar-refractivity contribution < 1.29 is 4.79 Å². The fourth-order valence-electron chi connectivity index (χ4n) is 1.82. The van der Waals surface area contributed by atoms with E-state index in [4.69, 9.17) is 5.84 Å². The third-order valence-electron chi connectivity index (χ3n) is 3.05. The van der Waals surface area contributed by atoms with Crippen molar-refractivity contribution in [3.05, 3.63) is 45.3 Å². The van der Waals surface area contributed by atoms with E-state index in [0.717, 1.165) is 17.7 Å². The molecule has 0 bridgehead atoms. The van der Waals surface area contributed by atoms with Gasteiger partial charge in [0.05, 0.1) is 0 Å². The molecule has 0 aliphatic heterocycles. The summed E-state index contributed by atoms with van der Waals surface area (Å²) in [5.74, 6) is 5.75. The molecule has 6 heteroatoms. The summed E-state index contributed by atoms with van der Waals surface area (Å²) >= 11 is 1.64. The lowest BCUT2D eigenvalue weighted by atomic mass is 10.1. The van der Waals surface area contributed by atoms with Gasteiger partial charge in [0.15, 0.2) is 0 Å². The highest BCUT2D eigenvalue weighted by atomic mass is 32.1. The normalized spacial score (nSPS) is 10.3. The van der Waals surface area contributed by atoms with Crippen molar-refractivity contribution in [1.82, 2.24) is 10.3 Å². The molecule has 0 atom stereocenters. The number of hydrogen-bond acceptors (Lipinski definition) is 5. The number of nitrogens with two attached hydrogens (primary N) is 1. The zero-order valence-corrected chi connectivity index (χ0v) is 12.4. The van der Waals surface area contributed by atoms with E-state index in [2.05, 4.69) is 21.1 Å². The Bertz CT molecular complexity index is 587.